The lowest BCUT2D eigenvalue weighted by Gasteiger charge is -2.03. The van der Waals surface area contributed by atoms with Crippen molar-refractivity contribution in [2.45, 2.75) is 6.92 Å². The molecule has 0 aromatic heterocycles. The Kier molecular flexibility index (Phi) is 3.24. The van der Waals surface area contributed by atoms with Crippen LogP contribution in [-0.4, -0.2) is 17.0 Å². The second kappa shape index (κ2) is 4.23. The fraction of sp³-hybridized carbons (Fsp3) is 0.111. The Balaban J connectivity index is 2.83. The summed E-state index contributed by atoms with van der Waals surface area (Å²) in [5.74, 6) is -2.54. The zero-order valence-corrected chi connectivity index (χ0v) is 8.96. The predicted octanol–water partition coefficient (Wildman–Crippen LogP) is 1.78. The van der Waals surface area contributed by atoms with E-state index >= 15 is 0 Å². The minimum absolute atomic E-state index is 0.454. The fourth-order valence-electron chi connectivity index (χ4n) is 0.855. The van der Waals surface area contributed by atoms with Gasteiger partial charge in [-0.3, -0.25) is 4.79 Å². The number of carboxylic acid groups (broad SMARTS) is 1. The number of carbonyl (C=O) groups excluding carboxylic acids is 1. The third-order valence-corrected chi connectivity index (χ3v) is 2.48. The molecule has 0 radical (unpaired) electrons. The molecule has 0 spiro atoms. The van der Waals surface area contributed by atoms with Crippen LogP contribution >= 0.6 is 15.9 Å². The van der Waals surface area contributed by atoms with Crippen LogP contribution in [0, 0.1) is 6.92 Å². The van der Waals surface area contributed by atoms with E-state index in [0.29, 0.717) is 5.69 Å². The average Bonchev–Trinajstić information content (AvgIpc) is 2.11. The van der Waals surface area contributed by atoms with E-state index in [9.17, 15) is 9.59 Å². The lowest BCUT2D eigenvalue weighted by atomic mass is 10.2. The molecule has 0 atom stereocenters. The molecule has 0 saturated carbocycles. The summed E-state index contributed by atoms with van der Waals surface area (Å²) >= 11 is 3.27. The lowest BCUT2D eigenvalue weighted by Crippen LogP contribution is -2.21. The summed E-state index contributed by atoms with van der Waals surface area (Å²) in [5.41, 5.74) is 1.47. The highest BCUT2D eigenvalue weighted by molar-refractivity contribution is 9.10. The molecule has 5 heteroatoms. The summed E-state index contributed by atoms with van der Waals surface area (Å²) in [6.07, 6.45) is 0. The van der Waals surface area contributed by atoms with Gasteiger partial charge < -0.3 is 10.4 Å². The number of anilines is 1. The topological polar surface area (TPSA) is 66.4 Å². The maximum Gasteiger partial charge on any atom is 0.394 e. The molecule has 1 amide bonds. The van der Waals surface area contributed by atoms with Crippen LogP contribution in [0.25, 0.3) is 0 Å². The van der Waals surface area contributed by atoms with Gasteiger partial charge in [-0.15, -0.1) is 0 Å². The first kappa shape index (κ1) is 10.7. The van der Waals surface area contributed by atoms with E-state index in [2.05, 4.69) is 21.2 Å². The van der Waals surface area contributed by atoms with Crippen molar-refractivity contribution < 1.29 is 14.7 Å². The number of carboxylic acids is 1. The van der Waals surface area contributed by atoms with E-state index in [1.165, 1.54) is 0 Å². The summed E-state index contributed by atoms with van der Waals surface area (Å²) in [5, 5.41) is 10.6. The van der Waals surface area contributed by atoms with Crippen LogP contribution in [-0.2, 0) is 9.59 Å². The first-order valence-corrected chi connectivity index (χ1v) is 4.60. The smallest absolute Gasteiger partial charge is 0.394 e. The van der Waals surface area contributed by atoms with Gasteiger partial charge in [0.25, 0.3) is 0 Å². The number of hydrogen-bond acceptors (Lipinski definition) is 2. The van der Waals surface area contributed by atoms with Crippen LogP contribution in [0.3, 0.4) is 0 Å². The first-order chi connectivity index (χ1) is 6.50. The summed E-state index contributed by atoms with van der Waals surface area (Å²) < 4.78 is 0.820. The van der Waals surface area contributed by atoms with Crippen molar-refractivity contribution in [3.63, 3.8) is 0 Å². The molecule has 0 aliphatic carbocycles. The highest BCUT2D eigenvalue weighted by Gasteiger charge is 2.10. The number of aryl methyl sites for hydroxylation is 1. The molecule has 4 nitrogen and oxygen atoms in total. The van der Waals surface area contributed by atoms with E-state index in [1.807, 2.05) is 6.92 Å². The number of nitrogens with one attached hydrogen (secondary N) is 1. The summed E-state index contributed by atoms with van der Waals surface area (Å²) in [7, 11) is 0. The number of rotatable bonds is 1. The van der Waals surface area contributed by atoms with Crippen LogP contribution < -0.4 is 5.32 Å². The Labute approximate surface area is 89.1 Å². The highest BCUT2D eigenvalue weighted by Crippen LogP contribution is 2.20. The number of aliphatic carboxylic acids is 1. The number of benzene rings is 1. The fourth-order valence-corrected chi connectivity index (χ4v) is 1.23. The maximum absolute atomic E-state index is 10.8. The van der Waals surface area contributed by atoms with E-state index < -0.39 is 11.9 Å². The van der Waals surface area contributed by atoms with Gasteiger partial charge in [0.1, 0.15) is 0 Å². The summed E-state index contributed by atoms with van der Waals surface area (Å²) in [4.78, 5) is 21.0. The Morgan fingerprint density at radius 3 is 2.57 bits per heavy atom. The molecule has 0 fully saturated rings. The molecule has 1 aromatic rings. The van der Waals surface area contributed by atoms with E-state index in [-0.39, 0.29) is 0 Å². The normalized spacial score (nSPS) is 9.57. The average molecular weight is 258 g/mol. The highest BCUT2D eigenvalue weighted by atomic mass is 79.9. The largest absolute Gasteiger partial charge is 0.474 e. The van der Waals surface area contributed by atoms with Crippen molar-refractivity contribution in [2.75, 3.05) is 5.32 Å². The second-order valence-corrected chi connectivity index (χ2v) is 3.58. The predicted molar refractivity (Wildman–Crippen MR) is 55.1 cm³/mol. The molecule has 2 N–H and O–H groups in total. The van der Waals surface area contributed by atoms with Crippen molar-refractivity contribution in [3.05, 3.63) is 28.2 Å². The Morgan fingerprint density at radius 1 is 1.43 bits per heavy atom. The lowest BCUT2D eigenvalue weighted by molar-refractivity contribution is -0.147. The molecule has 0 bridgehead atoms. The van der Waals surface area contributed by atoms with Gasteiger partial charge in [0, 0.05) is 10.2 Å². The minimum atomic E-state index is -1.50. The maximum atomic E-state index is 10.8. The molecular formula is C9H8BrNO3. The van der Waals surface area contributed by atoms with Gasteiger partial charge >= 0.3 is 11.9 Å². The molecule has 74 valence electrons. The molecule has 0 aliphatic rings. The van der Waals surface area contributed by atoms with Gasteiger partial charge in [-0.2, -0.15) is 0 Å². The van der Waals surface area contributed by atoms with Crippen molar-refractivity contribution in [1.29, 1.82) is 0 Å². The second-order valence-electron chi connectivity index (χ2n) is 2.72. The summed E-state index contributed by atoms with van der Waals surface area (Å²) in [6.45, 7) is 1.90. The first-order valence-electron chi connectivity index (χ1n) is 3.81. The number of carbonyl (C=O) groups is 2. The minimum Gasteiger partial charge on any atom is -0.474 e. The van der Waals surface area contributed by atoms with Crippen molar-refractivity contribution >= 4 is 33.5 Å². The van der Waals surface area contributed by atoms with Gasteiger partial charge in [0.2, 0.25) is 0 Å². The van der Waals surface area contributed by atoms with Crippen LogP contribution in [0.1, 0.15) is 5.56 Å². The van der Waals surface area contributed by atoms with Crippen LogP contribution in [0.15, 0.2) is 22.7 Å². The van der Waals surface area contributed by atoms with Crippen molar-refractivity contribution in [2.24, 2.45) is 0 Å². The van der Waals surface area contributed by atoms with Crippen molar-refractivity contribution in [3.8, 4) is 0 Å². The van der Waals surface area contributed by atoms with Gasteiger partial charge in [0.05, 0.1) is 0 Å². The number of hydrogen-bond donors (Lipinski definition) is 2. The molecule has 14 heavy (non-hydrogen) atoms. The van der Waals surface area contributed by atoms with Crippen LogP contribution in [0.5, 0.6) is 0 Å². The van der Waals surface area contributed by atoms with Crippen LogP contribution in [0.2, 0.25) is 0 Å². The van der Waals surface area contributed by atoms with E-state index in [1.54, 1.807) is 18.2 Å². The zero-order chi connectivity index (χ0) is 10.7. The third kappa shape index (κ3) is 2.56. The molecule has 1 aromatic carbocycles. The quantitative estimate of drug-likeness (QED) is 0.754. The number of halogens is 1. The molecule has 0 heterocycles. The summed E-state index contributed by atoms with van der Waals surface area (Å²) in [6, 6.07) is 5.07. The standard InChI is InChI=1S/C9H8BrNO3/c1-5-2-3-6(4-7(5)10)11-8(12)9(13)14/h2-4H,1H3,(H,11,12)(H,13,14). The Bertz CT molecular complexity index is 390. The van der Waals surface area contributed by atoms with E-state index in [4.69, 9.17) is 5.11 Å². The van der Waals surface area contributed by atoms with Gasteiger partial charge in [-0.25, -0.2) is 4.79 Å². The van der Waals surface area contributed by atoms with E-state index in [0.717, 1.165) is 10.0 Å². The molecular weight excluding hydrogens is 250 g/mol. The van der Waals surface area contributed by atoms with Gasteiger partial charge in [-0.05, 0) is 24.6 Å². The molecule has 0 unspecified atom stereocenters. The SMILES string of the molecule is Cc1ccc(NC(=O)C(=O)O)cc1Br. The molecule has 0 aliphatic heterocycles. The zero-order valence-electron chi connectivity index (χ0n) is 7.37. The molecule has 0 saturated heterocycles. The molecule has 1 rings (SSSR count). The van der Waals surface area contributed by atoms with Crippen molar-refractivity contribution in [1.82, 2.24) is 0 Å². The van der Waals surface area contributed by atoms with Crippen LogP contribution in [0.4, 0.5) is 5.69 Å². The Hall–Kier alpha value is -1.36. The monoisotopic (exact) mass is 257 g/mol. The van der Waals surface area contributed by atoms with Gasteiger partial charge in [0.15, 0.2) is 0 Å². The van der Waals surface area contributed by atoms with Gasteiger partial charge in [-0.1, -0.05) is 22.0 Å². The number of amides is 1. The Morgan fingerprint density at radius 2 is 2.07 bits per heavy atom. The third-order valence-electron chi connectivity index (χ3n) is 1.62.